The van der Waals surface area contributed by atoms with Crippen molar-refractivity contribution < 1.29 is 19.1 Å². The van der Waals surface area contributed by atoms with E-state index in [1.807, 2.05) is 13.8 Å². The van der Waals surface area contributed by atoms with Crippen molar-refractivity contribution in [3.8, 4) is 0 Å². The first-order chi connectivity index (χ1) is 9.48. The van der Waals surface area contributed by atoms with Crippen LogP contribution in [0.5, 0.6) is 0 Å². The van der Waals surface area contributed by atoms with Crippen LogP contribution in [0.2, 0.25) is 0 Å². The van der Waals surface area contributed by atoms with Gasteiger partial charge in [-0.25, -0.2) is 4.79 Å². The molecule has 112 valence electrons. The number of carbonyl (C=O) groups excluding carboxylic acids is 3. The second-order valence-corrected chi connectivity index (χ2v) is 6.72. The number of hydrogen-bond donors (Lipinski definition) is 1. The fraction of sp³-hybridized carbons (Fsp3) is 0.769. The molecule has 0 aliphatic carbocycles. The third-order valence-corrected chi connectivity index (χ3v) is 5.14. The summed E-state index contributed by atoms with van der Waals surface area (Å²) in [6, 6.07) is -0.557. The van der Waals surface area contributed by atoms with Crippen molar-refractivity contribution in [2.24, 2.45) is 0 Å². The third-order valence-electron chi connectivity index (χ3n) is 3.63. The van der Waals surface area contributed by atoms with Crippen LogP contribution < -0.4 is 5.32 Å². The van der Waals surface area contributed by atoms with Crippen LogP contribution in [-0.4, -0.2) is 52.5 Å². The zero-order valence-corrected chi connectivity index (χ0v) is 12.6. The maximum atomic E-state index is 12.0. The second kappa shape index (κ2) is 6.03. The molecule has 7 heteroatoms. The number of fused-ring (bicyclic) bond motifs is 1. The smallest absolute Gasteiger partial charge is 0.330 e. The van der Waals surface area contributed by atoms with Crippen molar-refractivity contribution in [1.82, 2.24) is 10.2 Å². The first kappa shape index (κ1) is 15.2. The Morgan fingerprint density at radius 1 is 1.55 bits per heavy atom. The van der Waals surface area contributed by atoms with Crippen LogP contribution in [-0.2, 0) is 19.1 Å². The Hall–Kier alpha value is -1.24. The zero-order valence-electron chi connectivity index (χ0n) is 11.8. The number of rotatable bonds is 5. The van der Waals surface area contributed by atoms with Gasteiger partial charge in [-0.15, -0.1) is 11.8 Å². The van der Waals surface area contributed by atoms with Crippen molar-refractivity contribution >= 4 is 29.5 Å². The molecule has 0 unspecified atom stereocenters. The average Bonchev–Trinajstić information content (AvgIpc) is 2.91. The lowest BCUT2D eigenvalue weighted by molar-refractivity contribution is -0.156. The van der Waals surface area contributed by atoms with Gasteiger partial charge in [-0.05, 0) is 19.8 Å². The monoisotopic (exact) mass is 300 g/mol. The number of nitrogens with zero attached hydrogens (tertiary/aromatic N) is 1. The van der Waals surface area contributed by atoms with Gasteiger partial charge in [0.05, 0.1) is 4.87 Å². The van der Waals surface area contributed by atoms with E-state index in [1.54, 1.807) is 16.7 Å². The quantitative estimate of drug-likeness (QED) is 0.749. The molecule has 2 heterocycles. The van der Waals surface area contributed by atoms with E-state index in [2.05, 4.69) is 5.32 Å². The highest BCUT2D eigenvalue weighted by Gasteiger charge is 2.53. The predicted octanol–water partition coefficient (Wildman–Crippen LogP) is 0.510. The summed E-state index contributed by atoms with van der Waals surface area (Å²) in [4.78, 5) is 36.7. The summed E-state index contributed by atoms with van der Waals surface area (Å²) in [6.45, 7) is 4.21. The Morgan fingerprint density at radius 3 is 3.00 bits per heavy atom. The standard InChI is InChI=1S/C13H20N2O4S/c1-3-6-14-10(16)7-19-12(18)9-8-20-13(2)5-4-11(17)15(9)13/h9H,3-8H2,1-2H3,(H,14,16)/t9-,13-/m0/s1. The molecule has 2 amide bonds. The van der Waals surface area contributed by atoms with E-state index >= 15 is 0 Å². The Bertz CT molecular complexity index is 429. The lowest BCUT2D eigenvalue weighted by Gasteiger charge is -2.29. The van der Waals surface area contributed by atoms with Crippen LogP contribution in [0.15, 0.2) is 0 Å². The van der Waals surface area contributed by atoms with Crippen LogP contribution in [0.25, 0.3) is 0 Å². The predicted molar refractivity (Wildman–Crippen MR) is 75.0 cm³/mol. The fourth-order valence-electron chi connectivity index (χ4n) is 2.54. The van der Waals surface area contributed by atoms with Crippen LogP contribution >= 0.6 is 11.8 Å². The van der Waals surface area contributed by atoms with Crippen LogP contribution in [0.3, 0.4) is 0 Å². The van der Waals surface area contributed by atoms with Gasteiger partial charge in [0.1, 0.15) is 6.04 Å². The molecular formula is C13H20N2O4S. The lowest BCUT2D eigenvalue weighted by atomic mass is 10.2. The van der Waals surface area contributed by atoms with E-state index in [0.29, 0.717) is 18.7 Å². The highest BCUT2D eigenvalue weighted by Crippen LogP contribution is 2.47. The molecule has 2 fully saturated rings. The Labute approximate surface area is 122 Å². The fourth-order valence-corrected chi connectivity index (χ4v) is 3.96. The Balaban J connectivity index is 1.87. The summed E-state index contributed by atoms with van der Waals surface area (Å²) >= 11 is 1.61. The van der Waals surface area contributed by atoms with Crippen molar-refractivity contribution in [3.05, 3.63) is 0 Å². The molecule has 2 saturated heterocycles. The summed E-state index contributed by atoms with van der Waals surface area (Å²) in [5.41, 5.74) is 0. The molecule has 0 aromatic rings. The van der Waals surface area contributed by atoms with Gasteiger partial charge in [-0.2, -0.15) is 0 Å². The minimum Gasteiger partial charge on any atom is -0.454 e. The van der Waals surface area contributed by atoms with Gasteiger partial charge in [-0.1, -0.05) is 6.92 Å². The normalized spacial score (nSPS) is 28.4. The van der Waals surface area contributed by atoms with E-state index in [0.717, 1.165) is 12.8 Å². The van der Waals surface area contributed by atoms with E-state index in [4.69, 9.17) is 4.74 Å². The van der Waals surface area contributed by atoms with E-state index in [9.17, 15) is 14.4 Å². The number of esters is 1. The summed E-state index contributed by atoms with van der Waals surface area (Å²) in [7, 11) is 0. The van der Waals surface area contributed by atoms with Crippen LogP contribution in [0, 0.1) is 0 Å². The number of carbonyl (C=O) groups is 3. The Kier molecular flexibility index (Phi) is 4.57. The summed E-state index contributed by atoms with van der Waals surface area (Å²) in [5.74, 6) is -0.253. The molecular weight excluding hydrogens is 280 g/mol. The Morgan fingerprint density at radius 2 is 2.30 bits per heavy atom. The van der Waals surface area contributed by atoms with Gasteiger partial charge >= 0.3 is 5.97 Å². The molecule has 0 spiro atoms. The summed E-state index contributed by atoms with van der Waals surface area (Å²) in [6.07, 6.45) is 2.07. The van der Waals surface area contributed by atoms with Gasteiger partial charge in [0, 0.05) is 18.7 Å². The van der Waals surface area contributed by atoms with Gasteiger partial charge in [0.15, 0.2) is 6.61 Å². The van der Waals surface area contributed by atoms with Gasteiger partial charge < -0.3 is 15.0 Å². The topological polar surface area (TPSA) is 75.7 Å². The van der Waals surface area contributed by atoms with E-state index in [-0.39, 0.29) is 23.3 Å². The summed E-state index contributed by atoms with van der Waals surface area (Å²) < 4.78 is 5.03. The molecule has 2 atom stereocenters. The molecule has 0 aromatic heterocycles. The first-order valence-electron chi connectivity index (χ1n) is 6.87. The van der Waals surface area contributed by atoms with Crippen molar-refractivity contribution in [2.45, 2.75) is 44.0 Å². The number of amides is 2. The van der Waals surface area contributed by atoms with Gasteiger partial charge in [-0.3, -0.25) is 9.59 Å². The number of hydrogen-bond acceptors (Lipinski definition) is 5. The largest absolute Gasteiger partial charge is 0.454 e. The highest BCUT2D eigenvalue weighted by molar-refractivity contribution is 8.01. The number of nitrogens with one attached hydrogen (secondary N) is 1. The average molecular weight is 300 g/mol. The molecule has 2 aliphatic heterocycles. The lowest BCUT2D eigenvalue weighted by Crippen LogP contribution is -2.47. The molecule has 0 aromatic carbocycles. The number of thioether (sulfide) groups is 1. The van der Waals surface area contributed by atoms with Crippen molar-refractivity contribution in [2.75, 3.05) is 18.9 Å². The minimum atomic E-state index is -0.557. The highest BCUT2D eigenvalue weighted by atomic mass is 32.2. The van der Waals surface area contributed by atoms with E-state index in [1.165, 1.54) is 0 Å². The van der Waals surface area contributed by atoms with Crippen molar-refractivity contribution in [1.29, 1.82) is 0 Å². The molecule has 1 N–H and O–H groups in total. The maximum Gasteiger partial charge on any atom is 0.330 e. The SMILES string of the molecule is CCCNC(=O)COC(=O)[C@@H]1CS[C@@]2(C)CCC(=O)N12. The molecule has 0 bridgehead atoms. The van der Waals surface area contributed by atoms with Gasteiger partial charge in [0.25, 0.3) is 5.91 Å². The molecule has 2 aliphatic rings. The summed E-state index contributed by atoms with van der Waals surface area (Å²) in [5, 5.41) is 2.64. The number of ether oxygens (including phenoxy) is 1. The first-order valence-corrected chi connectivity index (χ1v) is 7.86. The molecule has 0 saturated carbocycles. The van der Waals surface area contributed by atoms with Crippen molar-refractivity contribution in [3.63, 3.8) is 0 Å². The van der Waals surface area contributed by atoms with Crippen LogP contribution in [0.4, 0.5) is 0 Å². The van der Waals surface area contributed by atoms with E-state index < -0.39 is 12.0 Å². The maximum absolute atomic E-state index is 12.0. The molecule has 2 rings (SSSR count). The minimum absolute atomic E-state index is 0.00474. The third kappa shape index (κ3) is 2.92. The molecule has 6 nitrogen and oxygen atoms in total. The molecule has 20 heavy (non-hydrogen) atoms. The van der Waals surface area contributed by atoms with Crippen LogP contribution in [0.1, 0.15) is 33.1 Å². The molecule has 0 radical (unpaired) electrons. The zero-order chi connectivity index (χ0) is 14.8. The van der Waals surface area contributed by atoms with Gasteiger partial charge in [0.2, 0.25) is 5.91 Å². The second-order valence-electron chi connectivity index (χ2n) is 5.22.